The van der Waals surface area contributed by atoms with Crippen LogP contribution in [0.2, 0.25) is 0 Å². The van der Waals surface area contributed by atoms with Crippen LogP contribution in [-0.4, -0.2) is 68.5 Å². The molecule has 12 nitrogen and oxygen atoms in total. The minimum atomic E-state index is -4.21. The second-order valence-corrected chi connectivity index (χ2v) is 9.36. The van der Waals surface area contributed by atoms with Gasteiger partial charge in [-0.25, -0.2) is 4.98 Å². The van der Waals surface area contributed by atoms with Gasteiger partial charge in [-0.1, -0.05) is 0 Å². The number of fused-ring (bicyclic) bond motifs is 1. The number of rotatable bonds is 3. The number of aromatic amines is 1. The van der Waals surface area contributed by atoms with Crippen molar-refractivity contribution in [2.75, 3.05) is 12.3 Å². The maximum atomic E-state index is 11.8. The van der Waals surface area contributed by atoms with E-state index in [1.165, 1.54) is 10.9 Å². The topological polar surface area (TPSA) is 200 Å². The van der Waals surface area contributed by atoms with Crippen molar-refractivity contribution < 1.29 is 29.6 Å². The van der Waals surface area contributed by atoms with Gasteiger partial charge in [0.25, 0.3) is 12.3 Å². The van der Waals surface area contributed by atoms with E-state index in [2.05, 4.69) is 15.0 Å². The summed E-state index contributed by atoms with van der Waals surface area (Å²) in [6, 6.07) is 0. The summed E-state index contributed by atoms with van der Waals surface area (Å²) in [7, 11) is -0.257. The zero-order valence-electron chi connectivity index (χ0n) is 12.0. The molecule has 1 aliphatic heterocycles. The highest BCUT2D eigenvalue weighted by Crippen LogP contribution is 2.39. The van der Waals surface area contributed by atoms with Gasteiger partial charge in [0, 0.05) is 0 Å². The SMILES string of the molecule is Nc1nc2c(ncn2[C@H]2O[C@@H](CO)C([SH]=P(O)(O)O)C2O)c(=O)[nH]1. The molecule has 134 valence electrons. The first-order valence-corrected chi connectivity index (χ1v) is 9.99. The molecular weight excluding hydrogens is 365 g/mol. The van der Waals surface area contributed by atoms with Gasteiger partial charge in [-0.05, 0) is 0 Å². The second kappa shape index (κ2) is 6.20. The molecule has 0 spiro atoms. The van der Waals surface area contributed by atoms with Crippen molar-refractivity contribution in [2.24, 2.45) is 0 Å². The van der Waals surface area contributed by atoms with Crippen LogP contribution in [0.5, 0.6) is 0 Å². The number of nitrogens with zero attached hydrogens (tertiary/aromatic N) is 3. The molecule has 0 aromatic carbocycles. The second-order valence-electron chi connectivity index (χ2n) is 5.16. The van der Waals surface area contributed by atoms with Gasteiger partial charge < -0.3 is 35.4 Å². The predicted octanol–water partition coefficient (Wildman–Crippen LogP) is -3.21. The van der Waals surface area contributed by atoms with Crippen LogP contribution in [0.25, 0.3) is 11.2 Å². The Hall–Kier alpha value is -1.31. The van der Waals surface area contributed by atoms with Gasteiger partial charge >= 0.3 is 0 Å². The van der Waals surface area contributed by atoms with Crippen molar-refractivity contribution in [3.63, 3.8) is 0 Å². The maximum Gasteiger partial charge on any atom is 0.280 e. The number of aliphatic hydroxyl groups excluding tert-OH is 2. The molecule has 2 aromatic heterocycles. The molecule has 3 rings (SSSR count). The summed E-state index contributed by atoms with van der Waals surface area (Å²) in [5.41, 5.74) is 4.98. The van der Waals surface area contributed by atoms with E-state index in [4.69, 9.17) is 10.5 Å². The molecule has 2 aromatic rings. The van der Waals surface area contributed by atoms with Gasteiger partial charge in [-0.2, -0.15) is 4.98 Å². The molecule has 1 saturated heterocycles. The lowest BCUT2D eigenvalue weighted by molar-refractivity contribution is -0.0486. The monoisotopic (exact) mass is 381 g/mol. The Labute approximate surface area is 137 Å². The number of aliphatic hydroxyl groups is 2. The van der Waals surface area contributed by atoms with Gasteiger partial charge in [-0.3, -0.25) is 14.3 Å². The van der Waals surface area contributed by atoms with Gasteiger partial charge in [0.2, 0.25) is 5.95 Å². The van der Waals surface area contributed by atoms with Crippen molar-refractivity contribution in [1.82, 2.24) is 19.5 Å². The largest absolute Gasteiger partial charge is 0.394 e. The number of imidazole rings is 1. The van der Waals surface area contributed by atoms with Gasteiger partial charge in [0.15, 0.2) is 17.4 Å². The number of hydrogen-bond donors (Lipinski definition) is 8. The summed E-state index contributed by atoms with van der Waals surface area (Å²) in [6.45, 7) is -4.73. The average molecular weight is 381 g/mol. The number of aromatic nitrogens is 4. The third-order valence-electron chi connectivity index (χ3n) is 3.53. The van der Waals surface area contributed by atoms with E-state index >= 15 is 0 Å². The molecular formula is C10H16N5O7PS. The van der Waals surface area contributed by atoms with Crippen molar-refractivity contribution in [2.45, 2.75) is 23.7 Å². The van der Waals surface area contributed by atoms with E-state index in [-0.39, 0.29) is 28.1 Å². The fraction of sp³-hybridized carbons (Fsp3) is 0.500. The quantitative estimate of drug-likeness (QED) is 0.198. The lowest BCUT2D eigenvalue weighted by atomic mass is 10.2. The van der Waals surface area contributed by atoms with Crippen molar-refractivity contribution in [3.8, 4) is 0 Å². The molecule has 3 heterocycles. The number of anilines is 1. The number of ether oxygens (including phenoxy) is 1. The molecule has 0 aliphatic carbocycles. The van der Waals surface area contributed by atoms with E-state index < -0.39 is 42.6 Å². The van der Waals surface area contributed by atoms with Crippen molar-refractivity contribution >= 4 is 34.8 Å². The molecule has 2 unspecified atom stereocenters. The molecule has 1 fully saturated rings. The number of H-pyrrole nitrogens is 1. The third kappa shape index (κ3) is 3.12. The average Bonchev–Trinajstić information content (AvgIpc) is 3.00. The molecule has 4 atom stereocenters. The van der Waals surface area contributed by atoms with E-state index in [1.807, 2.05) is 0 Å². The Morgan fingerprint density at radius 1 is 1.46 bits per heavy atom. The predicted molar refractivity (Wildman–Crippen MR) is 85.7 cm³/mol. The zero-order chi connectivity index (χ0) is 17.6. The summed E-state index contributed by atoms with van der Waals surface area (Å²) < 4.78 is 6.78. The number of nitrogen functional groups attached to an aromatic ring is 1. The van der Waals surface area contributed by atoms with Crippen LogP contribution < -0.4 is 11.3 Å². The summed E-state index contributed by atoms with van der Waals surface area (Å²) in [5.74, 6) is -0.152. The van der Waals surface area contributed by atoms with Crippen LogP contribution in [0.4, 0.5) is 5.95 Å². The van der Waals surface area contributed by atoms with Gasteiger partial charge in [0.1, 0.15) is 6.10 Å². The maximum absolute atomic E-state index is 11.8. The van der Waals surface area contributed by atoms with Gasteiger partial charge in [0.05, 0.1) is 24.3 Å². The lowest BCUT2D eigenvalue weighted by Gasteiger charge is -2.18. The first kappa shape index (κ1) is 17.5. The minimum Gasteiger partial charge on any atom is -0.394 e. The number of thiol groups is 1. The van der Waals surface area contributed by atoms with Crippen LogP contribution >= 0.6 is 6.72 Å². The first-order valence-electron chi connectivity index (χ1n) is 6.67. The zero-order valence-corrected chi connectivity index (χ0v) is 13.7. The summed E-state index contributed by atoms with van der Waals surface area (Å²) in [6.07, 6.45) is -2.18. The molecule has 24 heavy (non-hydrogen) atoms. The van der Waals surface area contributed by atoms with Crippen molar-refractivity contribution in [1.29, 1.82) is 0 Å². The normalized spacial score (nSPS) is 27.9. The van der Waals surface area contributed by atoms with Crippen LogP contribution in [0, 0.1) is 0 Å². The van der Waals surface area contributed by atoms with Crippen LogP contribution in [0.1, 0.15) is 6.23 Å². The molecule has 1 aliphatic rings. The molecule has 0 saturated carbocycles. The first-order chi connectivity index (χ1) is 11.2. The number of nitrogens with one attached hydrogen (secondary N) is 1. The lowest BCUT2D eigenvalue weighted by Crippen LogP contribution is -2.33. The Morgan fingerprint density at radius 2 is 2.17 bits per heavy atom. The molecule has 0 radical (unpaired) electrons. The fourth-order valence-electron chi connectivity index (χ4n) is 2.56. The van der Waals surface area contributed by atoms with Crippen LogP contribution in [-0.2, 0) is 15.7 Å². The summed E-state index contributed by atoms with van der Waals surface area (Å²) in [5, 5.41) is 18.8. The minimum absolute atomic E-state index is 0.0186. The Balaban J connectivity index is 2.06. The Morgan fingerprint density at radius 3 is 2.79 bits per heavy atom. The highest BCUT2D eigenvalue weighted by molar-refractivity contribution is 8.16. The third-order valence-corrected chi connectivity index (χ3v) is 6.47. The summed E-state index contributed by atoms with van der Waals surface area (Å²) in [4.78, 5) is 49.6. The molecule has 0 bridgehead atoms. The summed E-state index contributed by atoms with van der Waals surface area (Å²) >= 11 is 0. The molecule has 14 heteroatoms. The van der Waals surface area contributed by atoms with Crippen LogP contribution in [0.15, 0.2) is 11.1 Å². The van der Waals surface area contributed by atoms with Crippen LogP contribution in [0.3, 0.4) is 0 Å². The molecule has 8 N–H and O–H groups in total. The number of nitrogens with two attached hydrogens (primary N) is 1. The standard InChI is InChI=1S/C10H16N5O7PS/c11-10-13-7-4(8(18)14-10)12-2-15(7)9-5(17)6(3(1-16)22-9)24-23(19,20)21/h2-3,5-6,9,16-17,19-21,24H,1H2,(H3,11,13,14,18)/t3-,5?,6?,9-/m0/s1. The van der Waals surface area contributed by atoms with E-state index in [9.17, 15) is 29.7 Å². The van der Waals surface area contributed by atoms with Crippen molar-refractivity contribution in [3.05, 3.63) is 16.7 Å². The smallest absolute Gasteiger partial charge is 0.280 e. The Bertz CT molecular complexity index is 870. The van der Waals surface area contributed by atoms with E-state index in [1.54, 1.807) is 0 Å². The van der Waals surface area contributed by atoms with E-state index in [0.717, 1.165) is 0 Å². The highest BCUT2D eigenvalue weighted by Gasteiger charge is 2.45. The highest BCUT2D eigenvalue weighted by atomic mass is 32.5. The fourth-order valence-corrected chi connectivity index (χ4v) is 5.44. The van der Waals surface area contributed by atoms with Gasteiger partial charge in [-0.15, -0.1) is 10.9 Å². The molecule has 0 amide bonds. The Kier molecular flexibility index (Phi) is 4.53. The van der Waals surface area contributed by atoms with E-state index in [0.29, 0.717) is 0 Å². The number of hydrogen-bond acceptors (Lipinski definition) is 7.